The van der Waals surface area contributed by atoms with E-state index < -0.39 is 0 Å². The van der Waals surface area contributed by atoms with Crippen molar-refractivity contribution in [3.63, 3.8) is 0 Å². The quantitative estimate of drug-likeness (QED) is 0.438. The lowest BCUT2D eigenvalue weighted by Gasteiger charge is -2.24. The second-order valence-electron chi connectivity index (χ2n) is 8.40. The minimum atomic E-state index is -0.303. The fraction of sp³-hybridized carbons (Fsp3) is 0.269. The number of hydrogen-bond donors (Lipinski definition) is 0. The number of rotatable bonds is 6. The van der Waals surface area contributed by atoms with E-state index in [0.29, 0.717) is 44.0 Å². The summed E-state index contributed by atoms with van der Waals surface area (Å²) < 4.78 is 26.8. The van der Waals surface area contributed by atoms with Gasteiger partial charge in [-0.1, -0.05) is 18.2 Å². The van der Waals surface area contributed by atoms with Crippen LogP contribution in [-0.2, 0) is 17.8 Å². The molecule has 0 N–H and O–H groups in total. The molecule has 0 radical (unpaired) electrons. The smallest absolute Gasteiger partial charge is 0.254 e. The van der Waals surface area contributed by atoms with Gasteiger partial charge in [0.1, 0.15) is 18.2 Å². The fourth-order valence-corrected chi connectivity index (χ4v) is 4.14. The van der Waals surface area contributed by atoms with Crippen molar-refractivity contribution in [1.29, 1.82) is 0 Å². The Bertz CT molecular complexity index is 1290. The zero-order valence-electron chi connectivity index (χ0n) is 18.6. The molecule has 3 heterocycles. The molecule has 2 aromatic carbocycles. The number of ether oxygens (including phenoxy) is 2. The Hall–Kier alpha value is -3.78. The molecule has 1 saturated heterocycles. The summed E-state index contributed by atoms with van der Waals surface area (Å²) in [6.07, 6.45) is 4.24. The van der Waals surface area contributed by atoms with Gasteiger partial charge < -0.3 is 14.4 Å². The molecule has 2 aromatic heterocycles. The Morgan fingerprint density at radius 1 is 1.15 bits per heavy atom. The third-order valence-electron chi connectivity index (χ3n) is 5.81. The molecular formula is C26H25FN4O3. The number of hydrogen-bond acceptors (Lipinski definition) is 5. The Balaban J connectivity index is 1.25. The summed E-state index contributed by atoms with van der Waals surface area (Å²) in [5, 5.41) is 4.61. The number of carbonyl (C=O) groups is 1. The number of imidazole rings is 1. The molecule has 5 rings (SSSR count). The van der Waals surface area contributed by atoms with Crippen LogP contribution in [0.4, 0.5) is 4.39 Å². The lowest BCUT2D eigenvalue weighted by Crippen LogP contribution is -2.36. The highest BCUT2D eigenvalue weighted by atomic mass is 19.1. The van der Waals surface area contributed by atoms with Crippen molar-refractivity contribution in [1.82, 2.24) is 19.5 Å². The lowest BCUT2D eigenvalue weighted by atomic mass is 10.0. The van der Waals surface area contributed by atoms with Crippen LogP contribution in [0.15, 0.2) is 73.1 Å². The summed E-state index contributed by atoms with van der Waals surface area (Å²) in [6.45, 7) is 2.40. The average molecular weight is 461 g/mol. The molecule has 34 heavy (non-hydrogen) atoms. The van der Waals surface area contributed by atoms with Gasteiger partial charge in [-0.15, -0.1) is 0 Å². The van der Waals surface area contributed by atoms with Crippen LogP contribution in [0.3, 0.4) is 0 Å². The van der Waals surface area contributed by atoms with Gasteiger partial charge in [-0.3, -0.25) is 4.79 Å². The van der Waals surface area contributed by atoms with E-state index in [1.807, 2.05) is 23.2 Å². The first kappa shape index (κ1) is 22.0. The van der Waals surface area contributed by atoms with Crippen molar-refractivity contribution in [2.75, 3.05) is 26.3 Å². The molecule has 4 aromatic rings. The van der Waals surface area contributed by atoms with Gasteiger partial charge in [-0.25, -0.2) is 13.9 Å². The summed E-state index contributed by atoms with van der Waals surface area (Å²) in [5.41, 5.74) is 3.01. The van der Waals surface area contributed by atoms with Gasteiger partial charge in [0.05, 0.1) is 18.9 Å². The van der Waals surface area contributed by atoms with Crippen LogP contribution in [0.2, 0.25) is 0 Å². The van der Waals surface area contributed by atoms with E-state index in [9.17, 15) is 9.18 Å². The first-order chi connectivity index (χ1) is 16.6. The lowest BCUT2D eigenvalue weighted by molar-refractivity contribution is 0.0736. The van der Waals surface area contributed by atoms with Crippen LogP contribution >= 0.6 is 0 Å². The minimum Gasteiger partial charge on any atom is -0.489 e. The standard InChI is InChI=1S/C26H25FN4O3/c27-22-5-1-3-19(13-22)18-34-24-6-2-4-21(15-24)26(32)30-11-12-33-17-20(16-30)14-23-7-8-25-28-9-10-31(25)29-23/h1-10,13,15,20H,11-12,14,16-18H2/t20-/m0/s1. The first-order valence-electron chi connectivity index (χ1n) is 11.3. The Kier molecular flexibility index (Phi) is 6.49. The van der Waals surface area contributed by atoms with Crippen molar-refractivity contribution in [2.45, 2.75) is 13.0 Å². The molecule has 1 atom stereocenters. The molecule has 0 bridgehead atoms. The van der Waals surface area contributed by atoms with Crippen molar-refractivity contribution >= 4 is 11.6 Å². The molecule has 174 valence electrons. The number of nitrogens with zero attached hydrogens (tertiary/aromatic N) is 4. The average Bonchev–Trinajstić information content (AvgIpc) is 3.20. The largest absolute Gasteiger partial charge is 0.489 e. The normalized spacial score (nSPS) is 16.4. The molecule has 0 spiro atoms. The van der Waals surface area contributed by atoms with E-state index in [0.717, 1.165) is 16.9 Å². The first-order valence-corrected chi connectivity index (χ1v) is 11.3. The molecule has 7 nitrogen and oxygen atoms in total. The van der Waals surface area contributed by atoms with E-state index in [1.165, 1.54) is 12.1 Å². The third-order valence-corrected chi connectivity index (χ3v) is 5.81. The van der Waals surface area contributed by atoms with E-state index >= 15 is 0 Å². The topological polar surface area (TPSA) is 69.0 Å². The molecule has 0 unspecified atom stereocenters. The van der Waals surface area contributed by atoms with Gasteiger partial charge in [-0.05, 0) is 54.4 Å². The van der Waals surface area contributed by atoms with Crippen LogP contribution in [0.1, 0.15) is 21.6 Å². The van der Waals surface area contributed by atoms with Gasteiger partial charge in [0.25, 0.3) is 5.91 Å². The predicted molar refractivity (Wildman–Crippen MR) is 124 cm³/mol. The van der Waals surface area contributed by atoms with Crippen LogP contribution < -0.4 is 4.74 Å². The molecule has 0 saturated carbocycles. The van der Waals surface area contributed by atoms with Crippen LogP contribution in [-0.4, -0.2) is 51.7 Å². The Morgan fingerprint density at radius 2 is 2.06 bits per heavy atom. The summed E-state index contributed by atoms with van der Waals surface area (Å²) in [7, 11) is 0. The van der Waals surface area contributed by atoms with E-state index in [4.69, 9.17) is 9.47 Å². The summed E-state index contributed by atoms with van der Waals surface area (Å²) >= 11 is 0. The molecular weight excluding hydrogens is 435 g/mol. The van der Waals surface area contributed by atoms with Crippen molar-refractivity contribution in [3.05, 3.63) is 95.7 Å². The Labute approximate surface area is 196 Å². The number of fused-ring (bicyclic) bond motifs is 1. The third kappa shape index (κ3) is 5.23. The number of carbonyl (C=O) groups excluding carboxylic acids is 1. The maximum Gasteiger partial charge on any atom is 0.254 e. The molecule has 0 aliphatic carbocycles. The molecule has 1 fully saturated rings. The van der Waals surface area contributed by atoms with Crippen LogP contribution in [0.5, 0.6) is 5.75 Å². The van der Waals surface area contributed by atoms with Crippen molar-refractivity contribution < 1.29 is 18.7 Å². The molecule has 1 amide bonds. The number of halogens is 1. The maximum absolute atomic E-state index is 13.4. The zero-order chi connectivity index (χ0) is 23.3. The Morgan fingerprint density at radius 3 is 2.97 bits per heavy atom. The number of amides is 1. The van der Waals surface area contributed by atoms with Gasteiger partial charge in [0.15, 0.2) is 5.65 Å². The maximum atomic E-state index is 13.4. The van der Waals surface area contributed by atoms with E-state index in [-0.39, 0.29) is 24.2 Å². The summed E-state index contributed by atoms with van der Waals surface area (Å²) in [6, 6.07) is 17.3. The monoisotopic (exact) mass is 460 g/mol. The second-order valence-corrected chi connectivity index (χ2v) is 8.40. The van der Waals surface area contributed by atoms with Gasteiger partial charge in [0, 0.05) is 37.0 Å². The van der Waals surface area contributed by atoms with E-state index in [1.54, 1.807) is 47.1 Å². The van der Waals surface area contributed by atoms with Crippen molar-refractivity contribution in [3.8, 4) is 5.75 Å². The SMILES string of the molecule is O=C(c1cccc(OCc2cccc(F)c2)c1)N1CCOC[C@@H](Cc2ccc3nccn3n2)C1. The predicted octanol–water partition coefficient (Wildman–Crippen LogP) is 3.78. The highest BCUT2D eigenvalue weighted by Crippen LogP contribution is 2.20. The number of aromatic nitrogens is 3. The van der Waals surface area contributed by atoms with Gasteiger partial charge in [0.2, 0.25) is 0 Å². The molecule has 1 aliphatic rings. The van der Waals surface area contributed by atoms with Crippen LogP contribution in [0, 0.1) is 11.7 Å². The van der Waals surface area contributed by atoms with E-state index in [2.05, 4.69) is 10.1 Å². The number of benzene rings is 2. The highest BCUT2D eigenvalue weighted by Gasteiger charge is 2.24. The molecule has 1 aliphatic heterocycles. The van der Waals surface area contributed by atoms with Gasteiger partial charge >= 0.3 is 0 Å². The fourth-order valence-electron chi connectivity index (χ4n) is 4.14. The zero-order valence-corrected chi connectivity index (χ0v) is 18.6. The molecule has 8 heteroatoms. The highest BCUT2D eigenvalue weighted by molar-refractivity contribution is 5.94. The van der Waals surface area contributed by atoms with Gasteiger partial charge in [-0.2, -0.15) is 5.10 Å². The van der Waals surface area contributed by atoms with Crippen molar-refractivity contribution in [2.24, 2.45) is 5.92 Å². The summed E-state index contributed by atoms with van der Waals surface area (Å²) in [5.74, 6) is 0.329. The minimum absolute atomic E-state index is 0.0651. The van der Waals surface area contributed by atoms with Crippen LogP contribution in [0.25, 0.3) is 5.65 Å². The second kappa shape index (κ2) is 10.0. The summed E-state index contributed by atoms with van der Waals surface area (Å²) in [4.78, 5) is 19.4.